The van der Waals surface area contributed by atoms with Gasteiger partial charge in [0.2, 0.25) is 5.91 Å². The molecular weight excluding hydrogens is 320 g/mol. The van der Waals surface area contributed by atoms with Crippen LogP contribution in [0.2, 0.25) is 0 Å². The second-order valence-corrected chi connectivity index (χ2v) is 5.79. The maximum atomic E-state index is 12.3. The van der Waals surface area contributed by atoms with E-state index in [4.69, 9.17) is 0 Å². The van der Waals surface area contributed by atoms with Crippen LogP contribution in [0.15, 0.2) is 36.4 Å². The molecular formula is C18H18N4O3. The first-order valence-corrected chi connectivity index (χ1v) is 7.76. The Balaban J connectivity index is 1.72. The summed E-state index contributed by atoms with van der Waals surface area (Å²) < 4.78 is 6.21. The van der Waals surface area contributed by atoms with E-state index in [9.17, 15) is 9.59 Å². The van der Waals surface area contributed by atoms with Crippen molar-refractivity contribution in [3.8, 4) is 0 Å². The van der Waals surface area contributed by atoms with Crippen molar-refractivity contribution in [1.82, 2.24) is 15.0 Å². The summed E-state index contributed by atoms with van der Waals surface area (Å²) in [6.07, 6.45) is 0. The van der Waals surface area contributed by atoms with Crippen molar-refractivity contribution in [3.05, 3.63) is 53.1 Å². The third-order valence-electron chi connectivity index (χ3n) is 4.01. The molecule has 0 spiro atoms. The Labute approximate surface area is 144 Å². The first-order valence-electron chi connectivity index (χ1n) is 7.76. The van der Waals surface area contributed by atoms with E-state index < -0.39 is 5.97 Å². The van der Waals surface area contributed by atoms with Crippen LogP contribution in [0.1, 0.15) is 21.5 Å². The van der Waals surface area contributed by atoms with Crippen LogP contribution in [0.5, 0.6) is 0 Å². The average molecular weight is 338 g/mol. The van der Waals surface area contributed by atoms with Gasteiger partial charge in [0.05, 0.1) is 18.2 Å². The largest absolute Gasteiger partial charge is 0.465 e. The Morgan fingerprint density at radius 1 is 1.12 bits per heavy atom. The van der Waals surface area contributed by atoms with Gasteiger partial charge in [-0.25, -0.2) is 9.48 Å². The maximum absolute atomic E-state index is 12.3. The van der Waals surface area contributed by atoms with E-state index in [1.807, 2.05) is 26.0 Å². The highest BCUT2D eigenvalue weighted by Gasteiger charge is 2.11. The van der Waals surface area contributed by atoms with Crippen molar-refractivity contribution in [2.45, 2.75) is 20.4 Å². The molecule has 0 unspecified atom stereocenters. The summed E-state index contributed by atoms with van der Waals surface area (Å²) in [4.78, 5) is 23.7. The van der Waals surface area contributed by atoms with Gasteiger partial charge in [0.15, 0.2) is 0 Å². The Bertz CT molecular complexity index is 945. The van der Waals surface area contributed by atoms with Crippen LogP contribution >= 0.6 is 0 Å². The smallest absolute Gasteiger partial charge is 0.337 e. The molecule has 0 aliphatic rings. The number of nitrogens with one attached hydrogen (secondary N) is 1. The second kappa shape index (κ2) is 6.72. The van der Waals surface area contributed by atoms with Gasteiger partial charge in [-0.1, -0.05) is 5.21 Å². The average Bonchev–Trinajstić information content (AvgIpc) is 2.97. The quantitative estimate of drug-likeness (QED) is 0.739. The molecule has 7 heteroatoms. The zero-order valence-corrected chi connectivity index (χ0v) is 14.2. The van der Waals surface area contributed by atoms with Gasteiger partial charge in [-0.2, -0.15) is 0 Å². The molecule has 0 aliphatic heterocycles. The van der Waals surface area contributed by atoms with Crippen molar-refractivity contribution in [2.24, 2.45) is 0 Å². The molecule has 128 valence electrons. The van der Waals surface area contributed by atoms with Crippen LogP contribution in [0, 0.1) is 13.8 Å². The Kier molecular flexibility index (Phi) is 4.47. The summed E-state index contributed by atoms with van der Waals surface area (Å²) in [7, 11) is 1.32. The van der Waals surface area contributed by atoms with E-state index in [2.05, 4.69) is 20.4 Å². The van der Waals surface area contributed by atoms with Crippen molar-refractivity contribution < 1.29 is 14.3 Å². The molecule has 1 amide bonds. The van der Waals surface area contributed by atoms with E-state index in [0.29, 0.717) is 11.3 Å². The number of fused-ring (bicyclic) bond motifs is 1. The zero-order chi connectivity index (χ0) is 18.0. The SMILES string of the molecule is COC(=O)c1ccc(NC(=O)Cn2nnc3cc(C)c(C)cc32)cc1. The molecule has 3 rings (SSSR count). The summed E-state index contributed by atoms with van der Waals surface area (Å²) in [5, 5.41) is 10.9. The number of nitrogens with zero attached hydrogens (tertiary/aromatic N) is 3. The first kappa shape index (κ1) is 16.6. The molecule has 0 aliphatic carbocycles. The molecule has 3 aromatic rings. The third kappa shape index (κ3) is 3.50. The fraction of sp³-hybridized carbons (Fsp3) is 0.222. The number of carbonyl (C=O) groups excluding carboxylic acids is 2. The van der Waals surface area contributed by atoms with Crippen molar-refractivity contribution in [2.75, 3.05) is 12.4 Å². The lowest BCUT2D eigenvalue weighted by molar-refractivity contribution is -0.116. The standard InChI is InChI=1S/C18H18N4O3/c1-11-8-15-16(9-12(11)2)22(21-20-15)10-17(23)19-14-6-4-13(5-7-14)18(24)25-3/h4-9H,10H2,1-3H3,(H,19,23). The lowest BCUT2D eigenvalue weighted by Crippen LogP contribution is -2.19. The van der Waals surface area contributed by atoms with Gasteiger partial charge in [-0.05, 0) is 61.4 Å². The van der Waals surface area contributed by atoms with Gasteiger partial charge in [-0.15, -0.1) is 5.10 Å². The number of methoxy groups -OCH3 is 1. The first-order chi connectivity index (χ1) is 12.0. The van der Waals surface area contributed by atoms with Gasteiger partial charge < -0.3 is 10.1 Å². The van der Waals surface area contributed by atoms with Gasteiger partial charge in [0, 0.05) is 5.69 Å². The minimum Gasteiger partial charge on any atom is -0.465 e. The van der Waals surface area contributed by atoms with Crippen LogP contribution in [-0.4, -0.2) is 34.0 Å². The van der Waals surface area contributed by atoms with Crippen LogP contribution in [-0.2, 0) is 16.1 Å². The highest BCUT2D eigenvalue weighted by atomic mass is 16.5. The molecule has 25 heavy (non-hydrogen) atoms. The van der Waals surface area contributed by atoms with Gasteiger partial charge in [0.25, 0.3) is 0 Å². The number of ether oxygens (including phenoxy) is 1. The van der Waals surface area contributed by atoms with E-state index in [1.54, 1.807) is 28.9 Å². The summed E-state index contributed by atoms with van der Waals surface area (Å²) >= 11 is 0. The number of benzene rings is 2. The minimum absolute atomic E-state index is 0.0533. The summed E-state index contributed by atoms with van der Waals surface area (Å²) in [6, 6.07) is 10.4. The van der Waals surface area contributed by atoms with E-state index in [-0.39, 0.29) is 12.5 Å². The fourth-order valence-electron chi connectivity index (χ4n) is 2.48. The summed E-state index contributed by atoms with van der Waals surface area (Å²) in [5.74, 6) is -0.645. The van der Waals surface area contributed by atoms with E-state index >= 15 is 0 Å². The zero-order valence-electron chi connectivity index (χ0n) is 14.2. The number of rotatable bonds is 4. The number of hydrogen-bond acceptors (Lipinski definition) is 5. The number of esters is 1. The van der Waals surface area contributed by atoms with E-state index in [1.165, 1.54) is 7.11 Å². The van der Waals surface area contributed by atoms with Crippen LogP contribution < -0.4 is 5.32 Å². The molecule has 0 fully saturated rings. The lowest BCUT2D eigenvalue weighted by Gasteiger charge is -2.07. The minimum atomic E-state index is -0.419. The molecule has 0 bridgehead atoms. The number of aromatic nitrogens is 3. The fourth-order valence-corrected chi connectivity index (χ4v) is 2.48. The molecule has 2 aromatic carbocycles. The normalized spacial score (nSPS) is 10.7. The molecule has 0 radical (unpaired) electrons. The Morgan fingerprint density at radius 3 is 2.48 bits per heavy atom. The molecule has 1 heterocycles. The molecule has 7 nitrogen and oxygen atoms in total. The highest BCUT2D eigenvalue weighted by molar-refractivity contribution is 5.93. The van der Waals surface area contributed by atoms with Crippen LogP contribution in [0.4, 0.5) is 5.69 Å². The van der Waals surface area contributed by atoms with Crippen LogP contribution in [0.3, 0.4) is 0 Å². The molecule has 1 N–H and O–H groups in total. The topological polar surface area (TPSA) is 86.1 Å². The van der Waals surface area contributed by atoms with E-state index in [0.717, 1.165) is 22.2 Å². The molecule has 1 aromatic heterocycles. The van der Waals surface area contributed by atoms with Crippen molar-refractivity contribution in [3.63, 3.8) is 0 Å². The van der Waals surface area contributed by atoms with Gasteiger partial charge in [0.1, 0.15) is 12.1 Å². The summed E-state index contributed by atoms with van der Waals surface area (Å²) in [5.41, 5.74) is 4.85. The van der Waals surface area contributed by atoms with Crippen molar-refractivity contribution >= 4 is 28.6 Å². The number of hydrogen-bond donors (Lipinski definition) is 1. The van der Waals surface area contributed by atoms with Crippen LogP contribution in [0.25, 0.3) is 11.0 Å². The second-order valence-electron chi connectivity index (χ2n) is 5.79. The number of anilines is 1. The molecule has 0 saturated heterocycles. The number of amides is 1. The number of carbonyl (C=O) groups is 2. The monoisotopic (exact) mass is 338 g/mol. The predicted molar refractivity (Wildman–Crippen MR) is 93.4 cm³/mol. The maximum Gasteiger partial charge on any atom is 0.337 e. The predicted octanol–water partition coefficient (Wildman–Crippen LogP) is 2.47. The third-order valence-corrected chi connectivity index (χ3v) is 4.01. The molecule has 0 saturated carbocycles. The van der Waals surface area contributed by atoms with Gasteiger partial charge in [-0.3, -0.25) is 4.79 Å². The lowest BCUT2D eigenvalue weighted by atomic mass is 10.1. The Hall–Kier alpha value is -3.22. The highest BCUT2D eigenvalue weighted by Crippen LogP contribution is 2.17. The number of aryl methyl sites for hydroxylation is 2. The molecule has 0 atom stereocenters. The summed E-state index contributed by atoms with van der Waals surface area (Å²) in [6.45, 7) is 4.07. The van der Waals surface area contributed by atoms with Gasteiger partial charge >= 0.3 is 5.97 Å². The van der Waals surface area contributed by atoms with Crippen molar-refractivity contribution in [1.29, 1.82) is 0 Å². The Morgan fingerprint density at radius 2 is 1.80 bits per heavy atom.